The third kappa shape index (κ3) is 5.14. The fourth-order valence-corrected chi connectivity index (χ4v) is 2.50. The van der Waals surface area contributed by atoms with Gasteiger partial charge in [-0.2, -0.15) is 0 Å². The van der Waals surface area contributed by atoms with Gasteiger partial charge < -0.3 is 10.2 Å². The second-order valence-corrected chi connectivity index (χ2v) is 6.03. The summed E-state index contributed by atoms with van der Waals surface area (Å²) in [4.78, 5) is 24.9. The number of rotatable bonds is 5. The Balaban J connectivity index is 2.07. The number of halogens is 4. The molecule has 25 heavy (non-hydrogen) atoms. The maximum atomic E-state index is 13.9. The van der Waals surface area contributed by atoms with Crippen LogP contribution in [0, 0.1) is 11.6 Å². The molecule has 0 aromatic heterocycles. The first-order valence-electron chi connectivity index (χ1n) is 7.26. The van der Waals surface area contributed by atoms with Gasteiger partial charge in [0.15, 0.2) is 0 Å². The van der Waals surface area contributed by atoms with E-state index < -0.39 is 23.4 Å². The van der Waals surface area contributed by atoms with Crippen LogP contribution in [-0.2, 0) is 9.59 Å². The second kappa shape index (κ2) is 8.27. The summed E-state index contributed by atoms with van der Waals surface area (Å²) in [6, 6.07) is 7.48. The SMILES string of the molecule is CC(=O)N(CCC(=O)Nc1cc(Cl)ccc1Cl)c1ccc(F)cc1F. The molecule has 2 rings (SSSR count). The van der Waals surface area contributed by atoms with Crippen LogP contribution < -0.4 is 10.2 Å². The van der Waals surface area contributed by atoms with Gasteiger partial charge in [-0.05, 0) is 30.3 Å². The third-order valence-corrected chi connectivity index (χ3v) is 3.91. The standard InChI is InChI=1S/C17H14Cl2F2N2O2/c1-10(24)23(16-5-3-12(20)9-14(16)21)7-6-17(25)22-15-8-11(18)2-4-13(15)19/h2-5,8-9H,6-7H2,1H3,(H,22,25). The Labute approximate surface area is 153 Å². The van der Waals surface area contributed by atoms with Crippen molar-refractivity contribution in [3.05, 3.63) is 58.1 Å². The Morgan fingerprint density at radius 2 is 1.84 bits per heavy atom. The van der Waals surface area contributed by atoms with Crippen molar-refractivity contribution in [3.8, 4) is 0 Å². The molecule has 0 radical (unpaired) electrons. The molecule has 0 unspecified atom stereocenters. The van der Waals surface area contributed by atoms with Crippen LogP contribution >= 0.6 is 23.2 Å². The molecule has 132 valence electrons. The van der Waals surface area contributed by atoms with Crippen LogP contribution in [0.15, 0.2) is 36.4 Å². The molecule has 2 aromatic rings. The van der Waals surface area contributed by atoms with Gasteiger partial charge in [0, 0.05) is 31.0 Å². The summed E-state index contributed by atoms with van der Waals surface area (Å²) in [6.07, 6.45) is -0.112. The molecular formula is C17H14Cl2F2N2O2. The van der Waals surface area contributed by atoms with E-state index in [0.29, 0.717) is 21.8 Å². The van der Waals surface area contributed by atoms with Crippen LogP contribution in [0.4, 0.5) is 20.2 Å². The fraction of sp³-hybridized carbons (Fsp3) is 0.176. The van der Waals surface area contributed by atoms with Gasteiger partial charge in [0.2, 0.25) is 11.8 Å². The molecule has 0 aliphatic heterocycles. The zero-order chi connectivity index (χ0) is 18.6. The normalized spacial score (nSPS) is 10.4. The smallest absolute Gasteiger partial charge is 0.226 e. The first-order valence-corrected chi connectivity index (χ1v) is 8.01. The molecule has 0 atom stereocenters. The van der Waals surface area contributed by atoms with Crippen LogP contribution in [-0.4, -0.2) is 18.4 Å². The molecule has 2 aromatic carbocycles. The van der Waals surface area contributed by atoms with Crippen LogP contribution in [0.1, 0.15) is 13.3 Å². The predicted octanol–water partition coefficient (Wildman–Crippen LogP) is 4.65. The van der Waals surface area contributed by atoms with Gasteiger partial charge in [-0.3, -0.25) is 9.59 Å². The number of carbonyl (C=O) groups is 2. The van der Waals surface area contributed by atoms with Crippen molar-refractivity contribution in [1.82, 2.24) is 0 Å². The quantitative estimate of drug-likeness (QED) is 0.812. The third-order valence-electron chi connectivity index (χ3n) is 3.35. The minimum absolute atomic E-state index is 0.0814. The van der Waals surface area contributed by atoms with Gasteiger partial charge in [0.05, 0.1) is 16.4 Å². The number of hydrogen-bond donors (Lipinski definition) is 1. The molecule has 0 aliphatic rings. The predicted molar refractivity (Wildman–Crippen MR) is 94.1 cm³/mol. The second-order valence-electron chi connectivity index (χ2n) is 5.19. The number of amides is 2. The van der Waals surface area contributed by atoms with Crippen molar-refractivity contribution in [2.45, 2.75) is 13.3 Å². The zero-order valence-electron chi connectivity index (χ0n) is 13.2. The van der Waals surface area contributed by atoms with Crippen molar-refractivity contribution in [1.29, 1.82) is 0 Å². The lowest BCUT2D eigenvalue weighted by Gasteiger charge is -2.21. The van der Waals surface area contributed by atoms with Crippen molar-refractivity contribution in [2.75, 3.05) is 16.8 Å². The lowest BCUT2D eigenvalue weighted by molar-refractivity contribution is -0.117. The van der Waals surface area contributed by atoms with Gasteiger partial charge in [0.25, 0.3) is 0 Å². The summed E-state index contributed by atoms with van der Waals surface area (Å²) >= 11 is 11.8. The summed E-state index contributed by atoms with van der Waals surface area (Å²) in [5.41, 5.74) is 0.240. The summed E-state index contributed by atoms with van der Waals surface area (Å²) < 4.78 is 26.9. The molecule has 4 nitrogen and oxygen atoms in total. The maximum Gasteiger partial charge on any atom is 0.226 e. The number of nitrogens with zero attached hydrogens (tertiary/aromatic N) is 1. The van der Waals surface area contributed by atoms with E-state index >= 15 is 0 Å². The Morgan fingerprint density at radius 1 is 1.12 bits per heavy atom. The molecule has 0 spiro atoms. The molecule has 2 amide bonds. The average Bonchev–Trinajstić information content (AvgIpc) is 2.52. The van der Waals surface area contributed by atoms with E-state index in [1.807, 2.05) is 0 Å². The van der Waals surface area contributed by atoms with E-state index in [-0.39, 0.29) is 18.7 Å². The largest absolute Gasteiger partial charge is 0.325 e. The van der Waals surface area contributed by atoms with Crippen LogP contribution in [0.5, 0.6) is 0 Å². The van der Waals surface area contributed by atoms with Gasteiger partial charge in [0.1, 0.15) is 11.6 Å². The van der Waals surface area contributed by atoms with E-state index in [1.54, 1.807) is 6.07 Å². The van der Waals surface area contributed by atoms with E-state index in [4.69, 9.17) is 23.2 Å². The lowest BCUT2D eigenvalue weighted by Crippen LogP contribution is -2.32. The van der Waals surface area contributed by atoms with Crippen molar-refractivity contribution >= 4 is 46.4 Å². The van der Waals surface area contributed by atoms with Gasteiger partial charge in [-0.25, -0.2) is 8.78 Å². The molecule has 0 fully saturated rings. The van der Waals surface area contributed by atoms with Crippen LogP contribution in [0.2, 0.25) is 10.0 Å². The number of carbonyl (C=O) groups excluding carboxylic acids is 2. The highest BCUT2D eigenvalue weighted by Gasteiger charge is 2.18. The highest BCUT2D eigenvalue weighted by molar-refractivity contribution is 6.35. The zero-order valence-corrected chi connectivity index (χ0v) is 14.7. The monoisotopic (exact) mass is 386 g/mol. The fourth-order valence-electron chi connectivity index (χ4n) is 2.17. The van der Waals surface area contributed by atoms with Crippen molar-refractivity contribution in [2.24, 2.45) is 0 Å². The molecular weight excluding hydrogens is 373 g/mol. The minimum Gasteiger partial charge on any atom is -0.325 e. The van der Waals surface area contributed by atoms with Gasteiger partial charge in [-0.15, -0.1) is 0 Å². The topological polar surface area (TPSA) is 49.4 Å². The van der Waals surface area contributed by atoms with E-state index in [0.717, 1.165) is 17.0 Å². The first-order chi connectivity index (χ1) is 11.8. The molecule has 1 N–H and O–H groups in total. The summed E-state index contributed by atoms with van der Waals surface area (Å²) in [5.74, 6) is -2.54. The van der Waals surface area contributed by atoms with E-state index in [1.165, 1.54) is 19.1 Å². The number of nitrogens with one attached hydrogen (secondary N) is 1. The highest BCUT2D eigenvalue weighted by Crippen LogP contribution is 2.26. The van der Waals surface area contributed by atoms with E-state index in [2.05, 4.69) is 5.32 Å². The first kappa shape index (κ1) is 19.1. The van der Waals surface area contributed by atoms with Gasteiger partial charge >= 0.3 is 0 Å². The van der Waals surface area contributed by atoms with Crippen LogP contribution in [0.25, 0.3) is 0 Å². The average molecular weight is 387 g/mol. The number of anilines is 2. The molecule has 0 saturated heterocycles. The minimum atomic E-state index is -0.881. The van der Waals surface area contributed by atoms with Crippen molar-refractivity contribution < 1.29 is 18.4 Å². The number of benzene rings is 2. The maximum absolute atomic E-state index is 13.9. The Hall–Kier alpha value is -2.18. The van der Waals surface area contributed by atoms with Crippen molar-refractivity contribution in [3.63, 3.8) is 0 Å². The molecule has 0 saturated carbocycles. The molecule has 0 bridgehead atoms. The van der Waals surface area contributed by atoms with E-state index in [9.17, 15) is 18.4 Å². The number of hydrogen-bond acceptors (Lipinski definition) is 2. The molecule has 0 heterocycles. The Bertz CT molecular complexity index is 815. The van der Waals surface area contributed by atoms with Gasteiger partial charge in [-0.1, -0.05) is 23.2 Å². The summed E-state index contributed by atoms with van der Waals surface area (Å²) in [5, 5.41) is 3.29. The summed E-state index contributed by atoms with van der Waals surface area (Å²) in [6.45, 7) is 1.15. The Morgan fingerprint density at radius 3 is 2.48 bits per heavy atom. The Kier molecular flexibility index (Phi) is 6.33. The lowest BCUT2D eigenvalue weighted by atomic mass is 10.2. The summed E-state index contributed by atoms with van der Waals surface area (Å²) in [7, 11) is 0. The van der Waals surface area contributed by atoms with Crippen LogP contribution in [0.3, 0.4) is 0 Å². The highest BCUT2D eigenvalue weighted by atomic mass is 35.5. The molecule has 0 aliphatic carbocycles. The molecule has 8 heteroatoms.